The van der Waals surface area contributed by atoms with E-state index in [0.29, 0.717) is 12.3 Å². The highest BCUT2D eigenvalue weighted by atomic mass is 19.1. The van der Waals surface area contributed by atoms with Crippen LogP contribution < -0.4 is 5.32 Å². The van der Waals surface area contributed by atoms with Gasteiger partial charge in [-0.1, -0.05) is 54.5 Å². The van der Waals surface area contributed by atoms with Crippen molar-refractivity contribution < 1.29 is 9.18 Å². The lowest BCUT2D eigenvalue weighted by Gasteiger charge is -2.29. The molecule has 3 atom stereocenters. The first-order valence-corrected chi connectivity index (χ1v) is 12.0. The summed E-state index contributed by atoms with van der Waals surface area (Å²) >= 11 is 0. The van der Waals surface area contributed by atoms with Gasteiger partial charge >= 0.3 is 0 Å². The molecule has 1 aromatic heterocycles. The minimum atomic E-state index is -0.241. The van der Waals surface area contributed by atoms with Gasteiger partial charge in [-0.25, -0.2) is 9.07 Å². The van der Waals surface area contributed by atoms with Crippen LogP contribution in [0.1, 0.15) is 61.4 Å². The maximum absolute atomic E-state index is 13.4. The number of allylic oxidation sites excluding steroid dienone is 2. The van der Waals surface area contributed by atoms with Gasteiger partial charge in [-0.2, -0.15) is 5.10 Å². The SMILES string of the molecule is C=CCC(=O)NC(C[C@H]1CCC2=C1[C@@H](C)c1cnn(-c3ccc(F)cc3)c1C2)c1ccccc1. The zero-order valence-electron chi connectivity index (χ0n) is 19.5. The topological polar surface area (TPSA) is 46.9 Å². The molecule has 0 fully saturated rings. The zero-order chi connectivity index (χ0) is 23.7. The lowest BCUT2D eigenvalue weighted by atomic mass is 9.77. The number of nitrogens with zero attached hydrogens (tertiary/aromatic N) is 2. The van der Waals surface area contributed by atoms with E-state index in [1.807, 2.05) is 29.1 Å². The lowest BCUT2D eigenvalue weighted by Crippen LogP contribution is -2.30. The summed E-state index contributed by atoms with van der Waals surface area (Å²) in [5.74, 6) is 0.466. The van der Waals surface area contributed by atoms with E-state index < -0.39 is 0 Å². The van der Waals surface area contributed by atoms with Crippen molar-refractivity contribution in [3.05, 3.63) is 107 Å². The van der Waals surface area contributed by atoms with Gasteiger partial charge < -0.3 is 5.32 Å². The number of hydrogen-bond acceptors (Lipinski definition) is 2. The summed E-state index contributed by atoms with van der Waals surface area (Å²) in [6.45, 7) is 5.98. The number of fused-ring (bicyclic) bond motifs is 1. The van der Waals surface area contributed by atoms with Crippen LogP contribution in [-0.2, 0) is 11.2 Å². The highest BCUT2D eigenvalue weighted by Crippen LogP contribution is 2.49. The number of benzene rings is 2. The average Bonchev–Trinajstić information content (AvgIpc) is 3.45. The van der Waals surface area contributed by atoms with Crippen molar-refractivity contribution in [2.24, 2.45) is 5.92 Å². The molecule has 0 bridgehead atoms. The van der Waals surface area contributed by atoms with E-state index in [2.05, 4.69) is 36.1 Å². The van der Waals surface area contributed by atoms with Crippen LogP contribution in [0, 0.1) is 11.7 Å². The third-order valence-electron chi connectivity index (χ3n) is 7.32. The van der Waals surface area contributed by atoms with Crippen molar-refractivity contribution in [2.75, 3.05) is 0 Å². The van der Waals surface area contributed by atoms with Gasteiger partial charge in [-0.3, -0.25) is 4.79 Å². The fraction of sp³-hybridized carbons (Fsp3) is 0.310. The molecule has 5 heteroatoms. The Balaban J connectivity index is 1.41. The standard InChI is InChI=1S/C29H30FN3O/c1-3-7-28(34)32-26(20-8-5-4-6-9-20)16-21-10-11-22-17-27-25(19(2)29(21)22)18-31-33(27)24-14-12-23(30)13-15-24/h3-6,8-9,12-15,18-19,21,26H,1,7,10-11,16-17H2,2H3,(H,32,34)/t19-,21+,26?/m0/s1. The summed E-state index contributed by atoms with van der Waals surface area (Å²) in [5, 5.41) is 7.91. The molecule has 0 saturated heterocycles. The summed E-state index contributed by atoms with van der Waals surface area (Å²) in [5.41, 5.74) is 7.51. The maximum Gasteiger partial charge on any atom is 0.224 e. The number of carbonyl (C=O) groups excluding carboxylic acids is 1. The monoisotopic (exact) mass is 455 g/mol. The van der Waals surface area contributed by atoms with E-state index in [9.17, 15) is 9.18 Å². The molecule has 1 unspecified atom stereocenters. The number of hydrogen-bond donors (Lipinski definition) is 1. The number of carbonyl (C=O) groups is 1. The molecule has 0 radical (unpaired) electrons. The van der Waals surface area contributed by atoms with Crippen LogP contribution in [0.15, 0.2) is 84.6 Å². The Bertz CT molecular complexity index is 1230. The largest absolute Gasteiger partial charge is 0.349 e. The van der Waals surface area contributed by atoms with E-state index in [4.69, 9.17) is 0 Å². The second kappa shape index (κ2) is 9.41. The van der Waals surface area contributed by atoms with E-state index >= 15 is 0 Å². The van der Waals surface area contributed by atoms with E-state index in [0.717, 1.165) is 36.9 Å². The van der Waals surface area contributed by atoms with Crippen molar-refractivity contribution >= 4 is 5.91 Å². The number of rotatable bonds is 7. The molecule has 2 aliphatic carbocycles. The second-order valence-corrected chi connectivity index (χ2v) is 9.39. The lowest BCUT2D eigenvalue weighted by molar-refractivity contribution is -0.121. The maximum atomic E-state index is 13.4. The van der Waals surface area contributed by atoms with Crippen LogP contribution in [0.3, 0.4) is 0 Å². The average molecular weight is 456 g/mol. The summed E-state index contributed by atoms with van der Waals surface area (Å²) in [7, 11) is 0. The Morgan fingerprint density at radius 2 is 2.00 bits per heavy atom. The van der Waals surface area contributed by atoms with Gasteiger partial charge in [-0.05, 0) is 55.0 Å². The zero-order valence-corrected chi connectivity index (χ0v) is 19.5. The minimum absolute atomic E-state index is 0.00982. The summed E-state index contributed by atoms with van der Waals surface area (Å²) in [6.07, 6.45) is 7.88. The fourth-order valence-corrected chi connectivity index (χ4v) is 5.76. The Labute approximate surface area is 200 Å². The van der Waals surface area contributed by atoms with Crippen LogP contribution in [0.5, 0.6) is 0 Å². The van der Waals surface area contributed by atoms with Crippen molar-refractivity contribution in [3.63, 3.8) is 0 Å². The molecule has 34 heavy (non-hydrogen) atoms. The molecule has 5 rings (SSSR count). The first-order chi connectivity index (χ1) is 16.5. The van der Waals surface area contributed by atoms with Crippen LogP contribution in [0.2, 0.25) is 0 Å². The van der Waals surface area contributed by atoms with E-state index in [-0.39, 0.29) is 23.7 Å². The van der Waals surface area contributed by atoms with Gasteiger partial charge in [0.1, 0.15) is 5.82 Å². The van der Waals surface area contributed by atoms with Gasteiger partial charge in [-0.15, -0.1) is 6.58 Å². The third-order valence-corrected chi connectivity index (χ3v) is 7.32. The van der Waals surface area contributed by atoms with Crippen LogP contribution in [0.25, 0.3) is 5.69 Å². The van der Waals surface area contributed by atoms with Crippen molar-refractivity contribution in [3.8, 4) is 5.69 Å². The molecule has 2 aromatic carbocycles. The Morgan fingerprint density at radius 3 is 2.74 bits per heavy atom. The smallest absolute Gasteiger partial charge is 0.224 e. The van der Waals surface area contributed by atoms with Gasteiger partial charge in [0.25, 0.3) is 0 Å². The summed E-state index contributed by atoms with van der Waals surface area (Å²) < 4.78 is 15.4. The first-order valence-electron chi connectivity index (χ1n) is 12.0. The molecular formula is C29H30FN3O. The Kier molecular flexibility index (Phi) is 6.18. The van der Waals surface area contributed by atoms with Gasteiger partial charge in [0.2, 0.25) is 5.91 Å². The predicted molar refractivity (Wildman–Crippen MR) is 132 cm³/mol. The Morgan fingerprint density at radius 1 is 1.24 bits per heavy atom. The second-order valence-electron chi connectivity index (χ2n) is 9.39. The number of aromatic nitrogens is 2. The minimum Gasteiger partial charge on any atom is -0.349 e. The predicted octanol–water partition coefficient (Wildman–Crippen LogP) is 6.20. The molecule has 3 aromatic rings. The number of amides is 1. The fourth-order valence-electron chi connectivity index (χ4n) is 5.76. The van der Waals surface area contributed by atoms with Gasteiger partial charge in [0.05, 0.1) is 23.6 Å². The van der Waals surface area contributed by atoms with Gasteiger partial charge in [0, 0.05) is 24.3 Å². The number of nitrogens with one attached hydrogen (secondary N) is 1. The van der Waals surface area contributed by atoms with Crippen molar-refractivity contribution in [1.82, 2.24) is 15.1 Å². The molecule has 2 aliphatic rings. The number of halogens is 1. The van der Waals surface area contributed by atoms with Crippen molar-refractivity contribution in [2.45, 2.75) is 51.0 Å². The highest BCUT2D eigenvalue weighted by Gasteiger charge is 2.37. The molecule has 1 amide bonds. The quantitative estimate of drug-likeness (QED) is 0.431. The molecule has 0 saturated carbocycles. The molecule has 1 heterocycles. The summed E-state index contributed by atoms with van der Waals surface area (Å²) in [6, 6.07) is 16.8. The van der Waals surface area contributed by atoms with Crippen LogP contribution in [0.4, 0.5) is 4.39 Å². The third kappa shape index (κ3) is 4.23. The summed E-state index contributed by atoms with van der Waals surface area (Å²) in [4.78, 5) is 12.4. The molecule has 4 nitrogen and oxygen atoms in total. The molecule has 174 valence electrons. The van der Waals surface area contributed by atoms with E-state index in [1.165, 1.54) is 34.5 Å². The highest BCUT2D eigenvalue weighted by molar-refractivity contribution is 5.77. The molecule has 1 N–H and O–H groups in total. The normalized spacial score (nSPS) is 19.9. The first kappa shape index (κ1) is 22.3. The molecule has 0 spiro atoms. The van der Waals surface area contributed by atoms with E-state index in [1.54, 1.807) is 18.2 Å². The van der Waals surface area contributed by atoms with Crippen molar-refractivity contribution in [1.29, 1.82) is 0 Å². The van der Waals surface area contributed by atoms with Crippen LogP contribution in [-0.4, -0.2) is 15.7 Å². The molecule has 0 aliphatic heterocycles. The van der Waals surface area contributed by atoms with Crippen LogP contribution >= 0.6 is 0 Å². The van der Waals surface area contributed by atoms with Gasteiger partial charge in [0.15, 0.2) is 0 Å². The Hall–Kier alpha value is -3.47. The molecular weight excluding hydrogens is 425 g/mol.